The van der Waals surface area contributed by atoms with Gasteiger partial charge in [-0.3, -0.25) is 14.9 Å². The van der Waals surface area contributed by atoms with Crippen molar-refractivity contribution in [3.63, 3.8) is 0 Å². The molecular weight excluding hydrogens is 479 g/mol. The Morgan fingerprint density at radius 1 is 1.11 bits per heavy atom. The molecule has 1 aliphatic rings. The van der Waals surface area contributed by atoms with Gasteiger partial charge in [-0.25, -0.2) is 9.37 Å². The van der Waals surface area contributed by atoms with Crippen molar-refractivity contribution in [2.45, 2.75) is 0 Å². The zero-order valence-electron chi connectivity index (χ0n) is 18.2. The van der Waals surface area contributed by atoms with Gasteiger partial charge in [0.25, 0.3) is 11.6 Å². The Bertz CT molecular complexity index is 1450. The van der Waals surface area contributed by atoms with Crippen molar-refractivity contribution in [1.29, 1.82) is 0 Å². The molecule has 9 nitrogen and oxygen atoms in total. The molecule has 11 heteroatoms. The van der Waals surface area contributed by atoms with Crippen molar-refractivity contribution < 1.29 is 23.3 Å². The Hall–Kier alpha value is -4.02. The Kier molecular flexibility index (Phi) is 6.06. The van der Waals surface area contributed by atoms with Crippen LogP contribution in [-0.4, -0.2) is 42.1 Å². The number of nitro benzene ring substituents is 1. The Morgan fingerprint density at radius 2 is 1.91 bits per heavy atom. The molecular formula is C24H18ClFN4O5. The molecule has 1 N–H and O–H groups in total. The van der Waals surface area contributed by atoms with Crippen molar-refractivity contribution in [2.24, 2.45) is 0 Å². The first kappa shape index (κ1) is 22.8. The van der Waals surface area contributed by atoms with E-state index < -0.39 is 16.6 Å². The molecule has 0 unspecified atom stereocenters. The van der Waals surface area contributed by atoms with Gasteiger partial charge in [-0.1, -0.05) is 11.6 Å². The van der Waals surface area contributed by atoms with E-state index in [1.807, 2.05) is 4.90 Å². The van der Waals surface area contributed by atoms with E-state index in [9.17, 15) is 19.3 Å². The molecule has 0 radical (unpaired) electrons. The number of amides is 1. The largest absolute Gasteiger partial charge is 0.436 e. The molecule has 178 valence electrons. The zero-order valence-corrected chi connectivity index (χ0v) is 18.9. The molecule has 2 heterocycles. The van der Waals surface area contributed by atoms with E-state index >= 15 is 0 Å². The average Bonchev–Trinajstić information content (AvgIpc) is 3.27. The Labute approximate surface area is 203 Å². The van der Waals surface area contributed by atoms with Crippen molar-refractivity contribution in [3.8, 4) is 11.5 Å². The lowest BCUT2D eigenvalue weighted by atomic mass is 10.1. The van der Waals surface area contributed by atoms with Crippen LogP contribution in [0.25, 0.3) is 22.6 Å². The van der Waals surface area contributed by atoms with Gasteiger partial charge in [0.1, 0.15) is 17.0 Å². The topological polar surface area (TPSA) is 111 Å². The lowest BCUT2D eigenvalue weighted by Gasteiger charge is -2.28. The summed E-state index contributed by atoms with van der Waals surface area (Å²) in [4.78, 5) is 30.3. The summed E-state index contributed by atoms with van der Waals surface area (Å²) in [7, 11) is 0. The summed E-state index contributed by atoms with van der Waals surface area (Å²) >= 11 is 6.10. The van der Waals surface area contributed by atoms with Crippen molar-refractivity contribution in [2.75, 3.05) is 36.5 Å². The first-order chi connectivity index (χ1) is 16.9. The summed E-state index contributed by atoms with van der Waals surface area (Å²) < 4.78 is 24.4. The molecule has 1 saturated heterocycles. The highest BCUT2D eigenvalue weighted by molar-refractivity contribution is 6.33. The van der Waals surface area contributed by atoms with E-state index in [1.54, 1.807) is 30.3 Å². The molecule has 0 saturated carbocycles. The van der Waals surface area contributed by atoms with Crippen LogP contribution in [0.15, 0.2) is 59.0 Å². The number of carbonyl (C=O) groups excluding carboxylic acids is 1. The van der Waals surface area contributed by atoms with Gasteiger partial charge in [0, 0.05) is 30.4 Å². The molecule has 0 aliphatic carbocycles. The molecule has 1 aromatic heterocycles. The monoisotopic (exact) mass is 496 g/mol. The lowest BCUT2D eigenvalue weighted by Crippen LogP contribution is -2.36. The van der Waals surface area contributed by atoms with Gasteiger partial charge in [0.2, 0.25) is 5.89 Å². The summed E-state index contributed by atoms with van der Waals surface area (Å²) in [6.45, 7) is 2.04. The standard InChI is InChI=1S/C24H18ClFN4O5/c25-18-12-15(26)2-4-17(18)24-28-19-13-16(3-6-22(19)35-24)27-23(31)14-1-5-20(21(11-14)30(32)33)29-7-9-34-10-8-29/h1-6,11-13H,7-10H2,(H,27,31). The van der Waals surface area contributed by atoms with Gasteiger partial charge < -0.3 is 19.4 Å². The number of nitro groups is 1. The van der Waals surface area contributed by atoms with E-state index in [1.165, 1.54) is 24.3 Å². The molecule has 1 fully saturated rings. The summed E-state index contributed by atoms with van der Waals surface area (Å²) in [5, 5.41) is 14.6. The number of anilines is 2. The zero-order chi connectivity index (χ0) is 24.5. The quantitative estimate of drug-likeness (QED) is 0.295. The SMILES string of the molecule is O=C(Nc1ccc2oc(-c3ccc(F)cc3Cl)nc2c1)c1ccc(N2CCOCC2)c([N+](=O)[O-])c1. The van der Waals surface area contributed by atoms with Gasteiger partial charge in [-0.15, -0.1) is 0 Å². The van der Waals surface area contributed by atoms with Crippen molar-refractivity contribution in [3.05, 3.63) is 81.1 Å². The first-order valence-corrected chi connectivity index (χ1v) is 11.1. The van der Waals surface area contributed by atoms with E-state index in [2.05, 4.69) is 10.3 Å². The van der Waals surface area contributed by atoms with Crippen LogP contribution in [0.3, 0.4) is 0 Å². The third-order valence-corrected chi connectivity index (χ3v) is 5.91. The summed E-state index contributed by atoms with van der Waals surface area (Å²) in [6.07, 6.45) is 0. The summed E-state index contributed by atoms with van der Waals surface area (Å²) in [5.74, 6) is -0.771. The van der Waals surface area contributed by atoms with Gasteiger partial charge in [-0.2, -0.15) is 0 Å². The van der Waals surface area contributed by atoms with Crippen LogP contribution in [0.5, 0.6) is 0 Å². The van der Waals surface area contributed by atoms with E-state index in [-0.39, 0.29) is 22.2 Å². The second-order valence-corrected chi connectivity index (χ2v) is 8.25. The number of morpholine rings is 1. The fraction of sp³-hybridized carbons (Fsp3) is 0.167. The van der Waals surface area contributed by atoms with Crippen molar-refractivity contribution >= 4 is 45.7 Å². The van der Waals surface area contributed by atoms with Crippen LogP contribution in [0.1, 0.15) is 10.4 Å². The second kappa shape index (κ2) is 9.32. The highest BCUT2D eigenvalue weighted by Crippen LogP contribution is 2.32. The molecule has 3 aromatic carbocycles. The minimum atomic E-state index is -0.508. The van der Waals surface area contributed by atoms with Gasteiger partial charge in [-0.05, 0) is 48.5 Å². The van der Waals surface area contributed by atoms with Crippen LogP contribution >= 0.6 is 11.6 Å². The van der Waals surface area contributed by atoms with Crippen molar-refractivity contribution in [1.82, 2.24) is 4.98 Å². The van der Waals surface area contributed by atoms with E-state index in [4.69, 9.17) is 20.8 Å². The summed E-state index contributed by atoms with van der Waals surface area (Å²) in [6, 6.07) is 13.2. The Morgan fingerprint density at radius 3 is 2.66 bits per heavy atom. The minimum Gasteiger partial charge on any atom is -0.436 e. The van der Waals surface area contributed by atoms with E-state index in [0.717, 1.165) is 0 Å². The number of fused-ring (bicyclic) bond motifs is 1. The number of nitrogens with one attached hydrogen (secondary N) is 1. The van der Waals surface area contributed by atoms with Gasteiger partial charge in [0.15, 0.2) is 5.58 Å². The number of hydrogen-bond donors (Lipinski definition) is 1. The van der Waals surface area contributed by atoms with Crippen LogP contribution < -0.4 is 10.2 Å². The van der Waals surface area contributed by atoms with Gasteiger partial charge >= 0.3 is 0 Å². The van der Waals surface area contributed by atoms with Crippen LogP contribution in [0.2, 0.25) is 5.02 Å². The number of oxazole rings is 1. The number of benzene rings is 3. The van der Waals surface area contributed by atoms with Gasteiger partial charge in [0.05, 0.1) is 28.7 Å². The maximum absolute atomic E-state index is 13.3. The number of nitrogens with zero attached hydrogens (tertiary/aromatic N) is 3. The first-order valence-electron chi connectivity index (χ1n) is 10.7. The smallest absolute Gasteiger partial charge is 0.293 e. The third-order valence-electron chi connectivity index (χ3n) is 5.59. The maximum Gasteiger partial charge on any atom is 0.293 e. The molecule has 1 amide bonds. The fourth-order valence-electron chi connectivity index (χ4n) is 3.87. The minimum absolute atomic E-state index is 0.146. The predicted molar refractivity (Wildman–Crippen MR) is 128 cm³/mol. The third kappa shape index (κ3) is 4.66. The maximum atomic E-state index is 13.3. The summed E-state index contributed by atoms with van der Waals surface area (Å²) in [5.41, 5.74) is 2.21. The number of halogens is 2. The molecule has 1 aliphatic heterocycles. The lowest BCUT2D eigenvalue weighted by molar-refractivity contribution is -0.384. The number of ether oxygens (including phenoxy) is 1. The second-order valence-electron chi connectivity index (χ2n) is 7.84. The normalized spacial score (nSPS) is 13.7. The highest BCUT2D eigenvalue weighted by atomic mass is 35.5. The predicted octanol–water partition coefficient (Wildman–Crippen LogP) is 5.28. The number of rotatable bonds is 5. The molecule has 4 aromatic rings. The van der Waals surface area contributed by atoms with Crippen LogP contribution in [0.4, 0.5) is 21.5 Å². The van der Waals surface area contributed by atoms with Crippen LogP contribution in [0, 0.1) is 15.9 Å². The highest BCUT2D eigenvalue weighted by Gasteiger charge is 2.23. The molecule has 35 heavy (non-hydrogen) atoms. The Balaban J connectivity index is 1.39. The number of aromatic nitrogens is 1. The molecule has 0 bridgehead atoms. The number of hydrogen-bond acceptors (Lipinski definition) is 7. The molecule has 0 atom stereocenters. The molecule has 5 rings (SSSR count). The average molecular weight is 497 g/mol. The fourth-order valence-corrected chi connectivity index (χ4v) is 4.12. The van der Waals surface area contributed by atoms with E-state index in [0.29, 0.717) is 54.3 Å². The van der Waals surface area contributed by atoms with Crippen LogP contribution in [-0.2, 0) is 4.74 Å². The molecule has 0 spiro atoms. The number of carbonyl (C=O) groups is 1.